The van der Waals surface area contributed by atoms with E-state index < -0.39 is 0 Å². The lowest BCUT2D eigenvalue weighted by Crippen LogP contribution is -2.15. The Morgan fingerprint density at radius 3 is 2.68 bits per heavy atom. The van der Waals surface area contributed by atoms with Crippen LogP contribution in [0.1, 0.15) is 23.7 Å². The molecule has 0 saturated heterocycles. The van der Waals surface area contributed by atoms with Gasteiger partial charge in [-0.25, -0.2) is 0 Å². The Kier molecular flexibility index (Phi) is 4.93. The zero-order chi connectivity index (χ0) is 13.7. The van der Waals surface area contributed by atoms with Crippen LogP contribution in [0.3, 0.4) is 0 Å². The van der Waals surface area contributed by atoms with Crippen LogP contribution in [-0.2, 0) is 0 Å². The standard InChI is InChI=1S/C15H17BrN2O/c1-11-6-8-18-15(10-11)14(17)7-9-19-13-4-2-12(16)3-5-13/h2-6,8,10,14H,7,9,17H2,1H3. The topological polar surface area (TPSA) is 48.1 Å². The third-order valence-electron chi connectivity index (χ3n) is 2.83. The molecule has 0 saturated carbocycles. The van der Waals surface area contributed by atoms with Gasteiger partial charge in [0.25, 0.3) is 0 Å². The Morgan fingerprint density at radius 1 is 1.26 bits per heavy atom. The lowest BCUT2D eigenvalue weighted by molar-refractivity contribution is 0.297. The highest BCUT2D eigenvalue weighted by molar-refractivity contribution is 9.10. The van der Waals surface area contributed by atoms with Crippen molar-refractivity contribution in [1.29, 1.82) is 0 Å². The van der Waals surface area contributed by atoms with Gasteiger partial charge in [-0.2, -0.15) is 0 Å². The zero-order valence-electron chi connectivity index (χ0n) is 10.8. The Hall–Kier alpha value is -1.39. The summed E-state index contributed by atoms with van der Waals surface area (Å²) in [4.78, 5) is 4.29. The fourth-order valence-corrected chi connectivity index (χ4v) is 2.01. The van der Waals surface area contributed by atoms with Gasteiger partial charge in [0.2, 0.25) is 0 Å². The molecule has 1 aromatic carbocycles. The van der Waals surface area contributed by atoms with Crippen LogP contribution in [0.2, 0.25) is 0 Å². The summed E-state index contributed by atoms with van der Waals surface area (Å²) in [5.74, 6) is 0.854. The molecule has 1 atom stereocenters. The Balaban J connectivity index is 1.84. The van der Waals surface area contributed by atoms with Crippen LogP contribution < -0.4 is 10.5 Å². The minimum atomic E-state index is -0.0876. The third kappa shape index (κ3) is 4.33. The Morgan fingerprint density at radius 2 is 2.00 bits per heavy atom. The number of aromatic nitrogens is 1. The van der Waals surface area contributed by atoms with Crippen LogP contribution in [0.15, 0.2) is 47.1 Å². The fourth-order valence-electron chi connectivity index (χ4n) is 1.74. The highest BCUT2D eigenvalue weighted by Gasteiger charge is 2.07. The number of nitrogens with zero attached hydrogens (tertiary/aromatic N) is 1. The van der Waals surface area contributed by atoms with Crippen molar-refractivity contribution >= 4 is 15.9 Å². The van der Waals surface area contributed by atoms with Gasteiger partial charge in [0, 0.05) is 17.1 Å². The van der Waals surface area contributed by atoms with Crippen molar-refractivity contribution in [2.45, 2.75) is 19.4 Å². The number of hydrogen-bond acceptors (Lipinski definition) is 3. The van der Waals surface area contributed by atoms with Crippen molar-refractivity contribution in [1.82, 2.24) is 4.98 Å². The maximum atomic E-state index is 6.10. The SMILES string of the molecule is Cc1ccnc(C(N)CCOc2ccc(Br)cc2)c1. The number of aryl methyl sites for hydroxylation is 1. The highest BCUT2D eigenvalue weighted by atomic mass is 79.9. The maximum Gasteiger partial charge on any atom is 0.119 e. The van der Waals surface area contributed by atoms with Gasteiger partial charge in [-0.3, -0.25) is 4.98 Å². The molecule has 100 valence electrons. The van der Waals surface area contributed by atoms with Crippen LogP contribution in [-0.4, -0.2) is 11.6 Å². The zero-order valence-corrected chi connectivity index (χ0v) is 12.4. The van der Waals surface area contributed by atoms with Crippen LogP contribution in [0.25, 0.3) is 0 Å². The molecule has 0 spiro atoms. The van der Waals surface area contributed by atoms with E-state index in [2.05, 4.69) is 20.9 Å². The highest BCUT2D eigenvalue weighted by Crippen LogP contribution is 2.18. The molecule has 2 aromatic rings. The summed E-state index contributed by atoms with van der Waals surface area (Å²) in [6.07, 6.45) is 2.53. The summed E-state index contributed by atoms with van der Waals surface area (Å²) in [5.41, 5.74) is 8.19. The first-order valence-corrected chi connectivity index (χ1v) is 7.01. The number of nitrogens with two attached hydrogens (primary N) is 1. The molecule has 1 unspecified atom stereocenters. The molecule has 1 aromatic heterocycles. The van der Waals surface area contributed by atoms with Gasteiger partial charge in [0.05, 0.1) is 18.3 Å². The third-order valence-corrected chi connectivity index (χ3v) is 3.36. The molecule has 0 aliphatic rings. The molecular formula is C15H17BrN2O. The van der Waals surface area contributed by atoms with Crippen LogP contribution >= 0.6 is 15.9 Å². The van der Waals surface area contributed by atoms with Crippen LogP contribution in [0.5, 0.6) is 5.75 Å². The van der Waals surface area contributed by atoms with E-state index in [0.29, 0.717) is 6.61 Å². The molecule has 3 nitrogen and oxygen atoms in total. The van der Waals surface area contributed by atoms with Crippen molar-refractivity contribution in [3.63, 3.8) is 0 Å². The summed E-state index contributed by atoms with van der Waals surface area (Å²) in [6.45, 7) is 2.62. The number of benzene rings is 1. The molecule has 0 bridgehead atoms. The summed E-state index contributed by atoms with van der Waals surface area (Å²) in [7, 11) is 0. The average Bonchev–Trinajstić information content (AvgIpc) is 2.41. The normalized spacial score (nSPS) is 12.2. The first kappa shape index (κ1) is 14.0. The largest absolute Gasteiger partial charge is 0.494 e. The van der Waals surface area contributed by atoms with Crippen molar-refractivity contribution in [2.24, 2.45) is 5.73 Å². The first-order chi connectivity index (χ1) is 9.15. The van der Waals surface area contributed by atoms with E-state index in [-0.39, 0.29) is 6.04 Å². The second-order valence-corrected chi connectivity index (χ2v) is 5.37. The maximum absolute atomic E-state index is 6.10. The number of halogens is 1. The van der Waals surface area contributed by atoms with Crippen molar-refractivity contribution < 1.29 is 4.74 Å². The molecule has 19 heavy (non-hydrogen) atoms. The molecular weight excluding hydrogens is 304 g/mol. The van der Waals surface area contributed by atoms with Gasteiger partial charge in [-0.1, -0.05) is 15.9 Å². The van der Waals surface area contributed by atoms with E-state index in [4.69, 9.17) is 10.5 Å². The number of rotatable bonds is 5. The van der Waals surface area contributed by atoms with E-state index >= 15 is 0 Å². The van der Waals surface area contributed by atoms with Crippen molar-refractivity contribution in [3.8, 4) is 5.75 Å². The van der Waals surface area contributed by atoms with E-state index in [9.17, 15) is 0 Å². The second-order valence-electron chi connectivity index (χ2n) is 4.46. The van der Waals surface area contributed by atoms with Gasteiger partial charge in [-0.15, -0.1) is 0 Å². The van der Waals surface area contributed by atoms with Crippen molar-refractivity contribution in [3.05, 3.63) is 58.3 Å². The van der Waals surface area contributed by atoms with Crippen molar-refractivity contribution in [2.75, 3.05) is 6.61 Å². The molecule has 4 heteroatoms. The second kappa shape index (κ2) is 6.68. The summed E-state index contributed by atoms with van der Waals surface area (Å²) < 4.78 is 6.70. The molecule has 0 fully saturated rings. The summed E-state index contributed by atoms with van der Waals surface area (Å²) in [6, 6.07) is 11.7. The predicted molar refractivity (Wildman–Crippen MR) is 80.2 cm³/mol. The van der Waals surface area contributed by atoms with E-state index in [1.807, 2.05) is 43.3 Å². The minimum absolute atomic E-state index is 0.0876. The molecule has 1 heterocycles. The molecule has 0 radical (unpaired) electrons. The van der Waals surface area contributed by atoms with Crippen LogP contribution in [0, 0.1) is 6.92 Å². The molecule has 0 aliphatic heterocycles. The van der Waals surface area contributed by atoms with E-state index in [1.54, 1.807) is 6.20 Å². The molecule has 0 aliphatic carbocycles. The van der Waals surface area contributed by atoms with Gasteiger partial charge in [0.1, 0.15) is 5.75 Å². The van der Waals surface area contributed by atoms with Gasteiger partial charge in [0.15, 0.2) is 0 Å². The monoisotopic (exact) mass is 320 g/mol. The molecule has 0 amide bonds. The summed E-state index contributed by atoms with van der Waals surface area (Å²) >= 11 is 3.39. The smallest absolute Gasteiger partial charge is 0.119 e. The predicted octanol–water partition coefficient (Wildman–Crippen LogP) is 3.62. The van der Waals surface area contributed by atoms with Gasteiger partial charge < -0.3 is 10.5 Å². The van der Waals surface area contributed by atoms with Gasteiger partial charge >= 0.3 is 0 Å². The van der Waals surface area contributed by atoms with E-state index in [1.165, 1.54) is 5.56 Å². The number of hydrogen-bond donors (Lipinski definition) is 1. The lowest BCUT2D eigenvalue weighted by Gasteiger charge is -2.12. The van der Waals surface area contributed by atoms with E-state index in [0.717, 1.165) is 22.3 Å². The number of ether oxygens (including phenoxy) is 1. The average molecular weight is 321 g/mol. The molecule has 2 N–H and O–H groups in total. The first-order valence-electron chi connectivity index (χ1n) is 6.21. The lowest BCUT2D eigenvalue weighted by atomic mass is 10.1. The Bertz CT molecular complexity index is 528. The summed E-state index contributed by atoms with van der Waals surface area (Å²) in [5, 5.41) is 0. The van der Waals surface area contributed by atoms with Gasteiger partial charge in [-0.05, 0) is 48.9 Å². The fraction of sp³-hybridized carbons (Fsp3) is 0.267. The number of pyridine rings is 1. The van der Waals surface area contributed by atoms with Crippen LogP contribution in [0.4, 0.5) is 0 Å². The minimum Gasteiger partial charge on any atom is -0.494 e. The molecule has 2 rings (SSSR count). The Labute approximate surface area is 121 Å². The quantitative estimate of drug-likeness (QED) is 0.915.